The molecule has 4 nitrogen and oxygen atoms in total. The number of aromatic nitrogens is 1. The van der Waals surface area contributed by atoms with Crippen molar-refractivity contribution in [3.8, 4) is 0 Å². The summed E-state index contributed by atoms with van der Waals surface area (Å²) < 4.78 is 17.1. The smallest absolute Gasteiger partial charge is 0.364 e. The van der Waals surface area contributed by atoms with Gasteiger partial charge in [0.25, 0.3) is 0 Å². The number of hydrogen-bond donors (Lipinski definition) is 1. The highest BCUT2D eigenvalue weighted by atomic mass is 19.1. The van der Waals surface area contributed by atoms with E-state index in [2.05, 4.69) is 4.98 Å². The van der Waals surface area contributed by atoms with Gasteiger partial charge in [0.1, 0.15) is 12.0 Å². The lowest BCUT2D eigenvalue weighted by Gasteiger charge is -1.84. The molecule has 64 valence electrons. The number of aliphatic carboxylic acids is 1. The number of carboxylic acids is 1. The second kappa shape index (κ2) is 3.17. The molecule has 1 aromatic rings. The van der Waals surface area contributed by atoms with Crippen LogP contribution in [0.4, 0.5) is 4.39 Å². The Morgan fingerprint density at radius 1 is 1.83 bits per heavy atom. The van der Waals surface area contributed by atoms with Gasteiger partial charge in [0.15, 0.2) is 5.89 Å². The molecule has 0 amide bonds. The van der Waals surface area contributed by atoms with Crippen molar-refractivity contribution in [1.82, 2.24) is 4.98 Å². The highest BCUT2D eigenvalue weighted by Crippen LogP contribution is 2.07. The van der Waals surface area contributed by atoms with Crippen molar-refractivity contribution in [3.63, 3.8) is 0 Å². The maximum absolute atomic E-state index is 12.4. The summed E-state index contributed by atoms with van der Waals surface area (Å²) in [6.45, 7) is 1.58. The van der Waals surface area contributed by atoms with Gasteiger partial charge >= 0.3 is 5.97 Å². The Kier molecular flexibility index (Phi) is 2.23. The van der Waals surface area contributed by atoms with Crippen LogP contribution in [0, 0.1) is 6.92 Å². The van der Waals surface area contributed by atoms with Crippen molar-refractivity contribution in [2.75, 3.05) is 0 Å². The van der Waals surface area contributed by atoms with E-state index in [4.69, 9.17) is 9.52 Å². The van der Waals surface area contributed by atoms with Crippen molar-refractivity contribution in [3.05, 3.63) is 23.7 Å². The number of carboxylic acid groups (broad SMARTS) is 1. The Bertz CT molecular complexity index is 329. The standard InChI is InChI=1S/C7H6FNO3/c1-4-9-5(3-12-4)2-6(8)7(10)11/h2-3H,1H3,(H,10,11)/b6-2+. The van der Waals surface area contributed by atoms with E-state index in [0.29, 0.717) is 5.89 Å². The maximum atomic E-state index is 12.4. The molecule has 0 saturated carbocycles. The van der Waals surface area contributed by atoms with Crippen LogP contribution in [0.25, 0.3) is 6.08 Å². The minimum atomic E-state index is -1.62. The van der Waals surface area contributed by atoms with Crippen molar-refractivity contribution in [1.29, 1.82) is 0 Å². The molecule has 0 aliphatic carbocycles. The second-order valence-corrected chi connectivity index (χ2v) is 2.09. The van der Waals surface area contributed by atoms with Gasteiger partial charge in [-0.05, 0) is 0 Å². The highest BCUT2D eigenvalue weighted by Gasteiger charge is 2.06. The lowest BCUT2D eigenvalue weighted by atomic mass is 10.4. The normalized spacial score (nSPS) is 11.7. The van der Waals surface area contributed by atoms with Crippen LogP contribution in [0.1, 0.15) is 11.6 Å². The van der Waals surface area contributed by atoms with Gasteiger partial charge in [-0.3, -0.25) is 0 Å². The summed E-state index contributed by atoms with van der Waals surface area (Å²) in [4.78, 5) is 13.7. The molecular weight excluding hydrogens is 165 g/mol. The molecule has 0 atom stereocenters. The molecule has 12 heavy (non-hydrogen) atoms. The van der Waals surface area contributed by atoms with E-state index in [0.717, 1.165) is 6.08 Å². The van der Waals surface area contributed by atoms with Crippen LogP contribution in [0.3, 0.4) is 0 Å². The number of halogens is 1. The molecule has 5 heteroatoms. The van der Waals surface area contributed by atoms with Gasteiger partial charge in [0, 0.05) is 13.0 Å². The number of hydrogen-bond acceptors (Lipinski definition) is 3. The Morgan fingerprint density at radius 3 is 2.92 bits per heavy atom. The molecule has 1 N–H and O–H groups in total. The average Bonchev–Trinajstić information content (AvgIpc) is 2.35. The lowest BCUT2D eigenvalue weighted by Crippen LogP contribution is -1.93. The zero-order valence-electron chi connectivity index (χ0n) is 6.24. The summed E-state index contributed by atoms with van der Waals surface area (Å²) in [6, 6.07) is 0. The third kappa shape index (κ3) is 1.91. The topological polar surface area (TPSA) is 63.3 Å². The summed E-state index contributed by atoms with van der Waals surface area (Å²) in [5.74, 6) is -2.52. The first-order valence-corrected chi connectivity index (χ1v) is 3.12. The fourth-order valence-corrected chi connectivity index (χ4v) is 0.638. The zero-order valence-corrected chi connectivity index (χ0v) is 6.24. The Hall–Kier alpha value is -1.65. The molecule has 0 aliphatic rings. The van der Waals surface area contributed by atoms with E-state index in [1.54, 1.807) is 6.92 Å². The number of carbonyl (C=O) groups is 1. The van der Waals surface area contributed by atoms with E-state index < -0.39 is 11.8 Å². The number of aryl methyl sites for hydroxylation is 1. The Morgan fingerprint density at radius 2 is 2.50 bits per heavy atom. The summed E-state index contributed by atoms with van der Waals surface area (Å²) >= 11 is 0. The summed E-state index contributed by atoms with van der Waals surface area (Å²) in [5.41, 5.74) is 0.160. The average molecular weight is 171 g/mol. The molecule has 0 unspecified atom stereocenters. The van der Waals surface area contributed by atoms with Gasteiger partial charge in [-0.25, -0.2) is 9.78 Å². The van der Waals surface area contributed by atoms with Crippen molar-refractivity contribution in [2.24, 2.45) is 0 Å². The minimum Gasteiger partial charge on any atom is -0.476 e. The molecule has 1 heterocycles. The molecule has 0 radical (unpaired) electrons. The van der Waals surface area contributed by atoms with Crippen LogP contribution >= 0.6 is 0 Å². The first-order chi connectivity index (χ1) is 5.59. The molecule has 0 bridgehead atoms. The van der Waals surface area contributed by atoms with Crippen LogP contribution in [-0.4, -0.2) is 16.1 Å². The van der Waals surface area contributed by atoms with Crippen molar-refractivity contribution < 1.29 is 18.7 Å². The number of nitrogens with zero attached hydrogens (tertiary/aromatic N) is 1. The molecule has 1 aromatic heterocycles. The Labute approximate surface area is 67.3 Å². The van der Waals surface area contributed by atoms with Crippen LogP contribution in [0.2, 0.25) is 0 Å². The molecule has 0 spiro atoms. The van der Waals surface area contributed by atoms with Crippen LogP contribution < -0.4 is 0 Å². The maximum Gasteiger partial charge on any atom is 0.364 e. The molecule has 0 fully saturated rings. The fraction of sp³-hybridized carbons (Fsp3) is 0.143. The first-order valence-electron chi connectivity index (χ1n) is 3.12. The van der Waals surface area contributed by atoms with E-state index >= 15 is 0 Å². The van der Waals surface area contributed by atoms with E-state index in [9.17, 15) is 9.18 Å². The van der Waals surface area contributed by atoms with Crippen molar-refractivity contribution >= 4 is 12.0 Å². The molecule has 0 aromatic carbocycles. The summed E-state index contributed by atoms with van der Waals surface area (Å²) in [6.07, 6.45) is 1.97. The molecular formula is C7H6FNO3. The van der Waals surface area contributed by atoms with Gasteiger partial charge in [-0.2, -0.15) is 4.39 Å². The monoisotopic (exact) mass is 171 g/mol. The lowest BCUT2D eigenvalue weighted by molar-refractivity contribution is -0.134. The van der Waals surface area contributed by atoms with E-state index in [1.165, 1.54) is 6.26 Å². The predicted molar refractivity (Wildman–Crippen MR) is 38.0 cm³/mol. The van der Waals surface area contributed by atoms with E-state index in [-0.39, 0.29) is 5.69 Å². The molecule has 0 saturated heterocycles. The SMILES string of the molecule is Cc1nc(/C=C(/F)C(=O)O)co1. The fourth-order valence-electron chi connectivity index (χ4n) is 0.638. The summed E-state index contributed by atoms with van der Waals surface area (Å²) in [7, 11) is 0. The number of rotatable bonds is 2. The van der Waals surface area contributed by atoms with Gasteiger partial charge in [0.2, 0.25) is 5.83 Å². The third-order valence-corrected chi connectivity index (χ3v) is 1.12. The van der Waals surface area contributed by atoms with Crippen molar-refractivity contribution in [2.45, 2.75) is 6.92 Å². The minimum absolute atomic E-state index is 0.160. The van der Waals surface area contributed by atoms with Crippen LogP contribution in [0.15, 0.2) is 16.5 Å². The molecule has 1 rings (SSSR count). The third-order valence-electron chi connectivity index (χ3n) is 1.12. The van der Waals surface area contributed by atoms with Crippen LogP contribution in [-0.2, 0) is 4.79 Å². The zero-order chi connectivity index (χ0) is 9.14. The highest BCUT2D eigenvalue weighted by molar-refractivity contribution is 5.89. The van der Waals surface area contributed by atoms with Gasteiger partial charge in [0.05, 0.1) is 0 Å². The van der Waals surface area contributed by atoms with E-state index in [1.807, 2.05) is 0 Å². The van der Waals surface area contributed by atoms with Gasteiger partial charge < -0.3 is 9.52 Å². The molecule has 0 aliphatic heterocycles. The van der Waals surface area contributed by atoms with Crippen LogP contribution in [0.5, 0.6) is 0 Å². The Balaban J connectivity index is 2.87. The van der Waals surface area contributed by atoms with Gasteiger partial charge in [-0.1, -0.05) is 0 Å². The summed E-state index contributed by atoms with van der Waals surface area (Å²) in [5, 5.41) is 8.15. The quantitative estimate of drug-likeness (QED) is 0.682. The number of oxazole rings is 1. The predicted octanol–water partition coefficient (Wildman–Crippen LogP) is 1.38. The largest absolute Gasteiger partial charge is 0.476 e. The van der Waals surface area contributed by atoms with Gasteiger partial charge in [-0.15, -0.1) is 0 Å². The first kappa shape index (κ1) is 8.45. The second-order valence-electron chi connectivity index (χ2n) is 2.09.